The molecule has 2 aromatic carbocycles. The van der Waals surface area contributed by atoms with E-state index in [4.69, 9.17) is 4.42 Å². The van der Waals surface area contributed by atoms with E-state index >= 15 is 0 Å². The van der Waals surface area contributed by atoms with Gasteiger partial charge in [0.2, 0.25) is 0 Å². The van der Waals surface area contributed by atoms with Gasteiger partial charge in [-0.1, -0.05) is 36.0 Å². The van der Waals surface area contributed by atoms with Crippen molar-refractivity contribution in [1.82, 2.24) is 10.2 Å². The van der Waals surface area contributed by atoms with Crippen molar-refractivity contribution < 1.29 is 9.21 Å². The largest absolute Gasteiger partial charge is 0.468 e. The number of nitrogens with one attached hydrogen (secondary N) is 1. The third kappa shape index (κ3) is 4.63. The molecule has 5 nitrogen and oxygen atoms in total. The lowest BCUT2D eigenvalue weighted by Gasteiger charge is -2.22. The molecule has 3 aromatic rings. The molecule has 1 heterocycles. The SMILES string of the molecule is CN(C)[C@@H](CNC(=O)c1ccccc1Sc1ccccc1C#N)c1ccco1. The highest BCUT2D eigenvalue weighted by Gasteiger charge is 2.19. The number of likely N-dealkylation sites (N-methyl/N-ethyl adjacent to an activating group) is 1. The summed E-state index contributed by atoms with van der Waals surface area (Å²) in [5.41, 5.74) is 1.17. The van der Waals surface area contributed by atoms with Crippen molar-refractivity contribution in [3.63, 3.8) is 0 Å². The average Bonchev–Trinajstić information content (AvgIpc) is 3.23. The third-order valence-electron chi connectivity index (χ3n) is 4.31. The third-order valence-corrected chi connectivity index (χ3v) is 5.46. The summed E-state index contributed by atoms with van der Waals surface area (Å²) < 4.78 is 5.50. The number of hydrogen-bond donors (Lipinski definition) is 1. The molecule has 1 aromatic heterocycles. The lowest BCUT2D eigenvalue weighted by Crippen LogP contribution is -2.34. The van der Waals surface area contributed by atoms with E-state index in [-0.39, 0.29) is 11.9 Å². The monoisotopic (exact) mass is 391 g/mol. The Morgan fingerprint density at radius 1 is 1.11 bits per heavy atom. The van der Waals surface area contributed by atoms with Gasteiger partial charge >= 0.3 is 0 Å². The lowest BCUT2D eigenvalue weighted by atomic mass is 10.1. The summed E-state index contributed by atoms with van der Waals surface area (Å²) in [5.74, 6) is 0.645. The standard InChI is InChI=1S/C22H21N3O2S/c1-25(2)18(19-10-7-13-27-19)15-24-22(26)17-9-4-6-12-21(17)28-20-11-5-3-8-16(20)14-23/h3-13,18H,15H2,1-2H3,(H,24,26)/t18-/m0/s1. The molecule has 142 valence electrons. The topological polar surface area (TPSA) is 69.3 Å². The van der Waals surface area contributed by atoms with E-state index in [9.17, 15) is 10.1 Å². The van der Waals surface area contributed by atoms with Crippen LogP contribution in [0.5, 0.6) is 0 Å². The van der Waals surface area contributed by atoms with Crippen LogP contribution in [0.2, 0.25) is 0 Å². The van der Waals surface area contributed by atoms with Gasteiger partial charge in [-0.25, -0.2) is 0 Å². The van der Waals surface area contributed by atoms with E-state index in [1.54, 1.807) is 18.4 Å². The molecule has 0 saturated heterocycles. The summed E-state index contributed by atoms with van der Waals surface area (Å²) in [6.07, 6.45) is 1.63. The number of nitrogens with zero attached hydrogens (tertiary/aromatic N) is 2. The lowest BCUT2D eigenvalue weighted by molar-refractivity contribution is 0.0936. The molecule has 28 heavy (non-hydrogen) atoms. The first-order valence-corrected chi connectivity index (χ1v) is 9.66. The van der Waals surface area contributed by atoms with Crippen LogP contribution in [0.4, 0.5) is 0 Å². The van der Waals surface area contributed by atoms with Crippen molar-refractivity contribution in [3.05, 3.63) is 83.8 Å². The summed E-state index contributed by atoms with van der Waals surface area (Å²) in [6, 6.07) is 20.7. The fourth-order valence-electron chi connectivity index (χ4n) is 2.81. The van der Waals surface area contributed by atoms with Crippen LogP contribution in [0.3, 0.4) is 0 Å². The van der Waals surface area contributed by atoms with Crippen LogP contribution in [0, 0.1) is 11.3 Å². The predicted molar refractivity (Wildman–Crippen MR) is 109 cm³/mol. The first-order valence-electron chi connectivity index (χ1n) is 8.84. The molecule has 1 N–H and O–H groups in total. The highest BCUT2D eigenvalue weighted by atomic mass is 32.2. The van der Waals surface area contributed by atoms with Crippen LogP contribution in [0.1, 0.15) is 27.7 Å². The first-order chi connectivity index (χ1) is 13.6. The molecule has 0 bridgehead atoms. The smallest absolute Gasteiger partial charge is 0.252 e. The van der Waals surface area contributed by atoms with Gasteiger partial charge in [0.15, 0.2) is 0 Å². The Bertz CT molecular complexity index is 977. The van der Waals surface area contributed by atoms with E-state index in [1.165, 1.54) is 11.8 Å². The van der Waals surface area contributed by atoms with E-state index in [1.807, 2.05) is 67.5 Å². The zero-order valence-electron chi connectivity index (χ0n) is 15.8. The van der Waals surface area contributed by atoms with E-state index < -0.39 is 0 Å². The van der Waals surface area contributed by atoms with Crippen molar-refractivity contribution in [2.75, 3.05) is 20.6 Å². The van der Waals surface area contributed by atoms with Gasteiger partial charge in [-0.05, 0) is 50.5 Å². The quantitative estimate of drug-likeness (QED) is 0.649. The normalized spacial score (nSPS) is 11.8. The van der Waals surface area contributed by atoms with Gasteiger partial charge in [-0.2, -0.15) is 5.26 Å². The zero-order chi connectivity index (χ0) is 19.9. The molecule has 0 aliphatic carbocycles. The Kier molecular flexibility index (Phi) is 6.53. The summed E-state index contributed by atoms with van der Waals surface area (Å²) in [7, 11) is 3.89. The van der Waals surface area contributed by atoms with Crippen LogP contribution in [-0.2, 0) is 0 Å². The number of carbonyl (C=O) groups is 1. The van der Waals surface area contributed by atoms with Crippen molar-refractivity contribution >= 4 is 17.7 Å². The van der Waals surface area contributed by atoms with Crippen LogP contribution in [-0.4, -0.2) is 31.4 Å². The van der Waals surface area contributed by atoms with Gasteiger partial charge in [0, 0.05) is 16.3 Å². The Hall–Kier alpha value is -3.01. The average molecular weight is 391 g/mol. The number of hydrogen-bond acceptors (Lipinski definition) is 5. The van der Waals surface area contributed by atoms with E-state index in [0.29, 0.717) is 17.7 Å². The molecule has 0 radical (unpaired) electrons. The van der Waals surface area contributed by atoms with Gasteiger partial charge in [0.1, 0.15) is 11.8 Å². The summed E-state index contributed by atoms with van der Waals surface area (Å²) in [6.45, 7) is 0.424. The van der Waals surface area contributed by atoms with Crippen LogP contribution < -0.4 is 5.32 Å². The second kappa shape index (κ2) is 9.27. The Labute approximate surface area is 169 Å². The van der Waals surface area contributed by atoms with Crippen molar-refractivity contribution in [1.29, 1.82) is 5.26 Å². The molecular formula is C22H21N3O2S. The van der Waals surface area contributed by atoms with E-state index in [2.05, 4.69) is 11.4 Å². The zero-order valence-corrected chi connectivity index (χ0v) is 16.6. The first kappa shape index (κ1) is 19.7. The van der Waals surface area contributed by atoms with Gasteiger partial charge in [-0.3, -0.25) is 9.69 Å². The summed E-state index contributed by atoms with van der Waals surface area (Å²) in [4.78, 5) is 16.5. The minimum atomic E-state index is -0.157. The van der Waals surface area contributed by atoms with Gasteiger partial charge < -0.3 is 9.73 Å². The minimum absolute atomic E-state index is 0.0573. The molecule has 0 fully saturated rings. The number of carbonyl (C=O) groups excluding carboxylic acids is 1. The fourth-order valence-corrected chi connectivity index (χ4v) is 3.84. The molecule has 1 atom stereocenters. The molecule has 1 amide bonds. The number of amides is 1. The van der Waals surface area contributed by atoms with Crippen molar-refractivity contribution in [2.45, 2.75) is 15.8 Å². The highest BCUT2D eigenvalue weighted by molar-refractivity contribution is 7.99. The molecule has 0 aliphatic heterocycles. The molecule has 0 unspecified atom stereocenters. The van der Waals surface area contributed by atoms with Gasteiger partial charge in [0.05, 0.1) is 23.4 Å². The van der Waals surface area contributed by atoms with Crippen LogP contribution in [0.25, 0.3) is 0 Å². The van der Waals surface area contributed by atoms with Gasteiger partial charge in [-0.15, -0.1) is 0 Å². The highest BCUT2D eigenvalue weighted by Crippen LogP contribution is 2.32. The number of rotatable bonds is 7. The molecule has 0 saturated carbocycles. The Morgan fingerprint density at radius 2 is 1.82 bits per heavy atom. The van der Waals surface area contributed by atoms with Gasteiger partial charge in [0.25, 0.3) is 5.91 Å². The van der Waals surface area contributed by atoms with Crippen molar-refractivity contribution in [3.8, 4) is 6.07 Å². The maximum absolute atomic E-state index is 12.9. The Balaban J connectivity index is 1.77. The molecule has 3 rings (SSSR count). The van der Waals surface area contributed by atoms with Crippen LogP contribution >= 0.6 is 11.8 Å². The second-order valence-electron chi connectivity index (χ2n) is 6.41. The summed E-state index contributed by atoms with van der Waals surface area (Å²) in [5, 5.41) is 12.3. The maximum atomic E-state index is 12.9. The second-order valence-corrected chi connectivity index (χ2v) is 7.49. The van der Waals surface area contributed by atoms with Crippen molar-refractivity contribution in [2.24, 2.45) is 0 Å². The number of benzene rings is 2. The van der Waals surface area contributed by atoms with Crippen LogP contribution in [0.15, 0.2) is 81.1 Å². The molecule has 0 aliphatic rings. The minimum Gasteiger partial charge on any atom is -0.468 e. The molecule has 6 heteroatoms. The molecule has 0 spiro atoms. The number of furan rings is 1. The fraction of sp³-hybridized carbons (Fsp3) is 0.182. The maximum Gasteiger partial charge on any atom is 0.252 e. The predicted octanol–water partition coefficient (Wildman–Crippen LogP) is 4.34. The number of nitriles is 1. The molecular weight excluding hydrogens is 370 g/mol. The Morgan fingerprint density at radius 3 is 2.50 bits per heavy atom. The van der Waals surface area contributed by atoms with E-state index in [0.717, 1.165) is 15.6 Å². The summed E-state index contributed by atoms with van der Waals surface area (Å²) >= 11 is 1.42.